The molecule has 10 heavy (non-hydrogen) atoms. The number of aryl methyl sites for hydroxylation is 2. The number of hydrogen-bond donors (Lipinski definition) is 0. The van der Waals surface area contributed by atoms with Gasteiger partial charge in [-0.05, 0) is 19.8 Å². The highest BCUT2D eigenvalue weighted by molar-refractivity contribution is 6.17. The Morgan fingerprint density at radius 3 is 3.00 bits per heavy atom. The van der Waals surface area contributed by atoms with Gasteiger partial charge < -0.3 is 4.52 Å². The van der Waals surface area contributed by atoms with E-state index < -0.39 is 0 Å². The molecular formula is C7H10ClNO. The predicted octanol–water partition coefficient (Wildman–Crippen LogP) is 2.15. The van der Waals surface area contributed by atoms with Gasteiger partial charge in [0, 0.05) is 11.9 Å². The minimum absolute atomic E-state index is 0.686. The summed E-state index contributed by atoms with van der Waals surface area (Å²) in [6.07, 6.45) is 1.88. The molecule has 0 aliphatic heterocycles. The van der Waals surface area contributed by atoms with Gasteiger partial charge in [-0.1, -0.05) is 5.16 Å². The summed E-state index contributed by atoms with van der Waals surface area (Å²) < 4.78 is 4.87. The number of aromatic nitrogens is 1. The Labute approximate surface area is 65.2 Å². The lowest BCUT2D eigenvalue weighted by Gasteiger charge is -1.86. The van der Waals surface area contributed by atoms with Gasteiger partial charge in [-0.2, -0.15) is 0 Å². The maximum atomic E-state index is 5.50. The molecule has 0 N–H and O–H groups in total. The molecule has 0 amide bonds. The second-order valence-electron chi connectivity index (χ2n) is 2.22. The number of alkyl halides is 1. The van der Waals surface area contributed by atoms with Crippen molar-refractivity contribution in [2.24, 2.45) is 0 Å². The number of nitrogens with zero attached hydrogens (tertiary/aromatic N) is 1. The third-order valence-corrected chi connectivity index (χ3v) is 1.51. The summed E-state index contributed by atoms with van der Waals surface area (Å²) in [6.45, 7) is 1.89. The standard InChI is InChI=1S/C7H10ClNO/c1-6-5-7(9-10-6)3-2-4-8/h5H,2-4H2,1H3. The molecule has 0 atom stereocenters. The van der Waals surface area contributed by atoms with E-state index in [1.165, 1.54) is 0 Å². The maximum Gasteiger partial charge on any atom is 0.133 e. The highest BCUT2D eigenvalue weighted by atomic mass is 35.5. The smallest absolute Gasteiger partial charge is 0.133 e. The fourth-order valence-corrected chi connectivity index (χ4v) is 0.917. The zero-order chi connectivity index (χ0) is 7.40. The van der Waals surface area contributed by atoms with Crippen LogP contribution in [0.4, 0.5) is 0 Å². The highest BCUT2D eigenvalue weighted by Crippen LogP contribution is 2.04. The summed E-state index contributed by atoms with van der Waals surface area (Å²) >= 11 is 5.50. The molecule has 0 unspecified atom stereocenters. The topological polar surface area (TPSA) is 26.0 Å². The first-order chi connectivity index (χ1) is 4.83. The molecule has 0 fully saturated rings. The van der Waals surface area contributed by atoms with Gasteiger partial charge in [0.05, 0.1) is 5.69 Å². The molecule has 1 rings (SSSR count). The zero-order valence-corrected chi connectivity index (χ0v) is 6.69. The van der Waals surface area contributed by atoms with Crippen LogP contribution in [0.25, 0.3) is 0 Å². The lowest BCUT2D eigenvalue weighted by molar-refractivity contribution is 0.390. The largest absolute Gasteiger partial charge is 0.361 e. The third-order valence-electron chi connectivity index (χ3n) is 1.24. The van der Waals surface area contributed by atoms with Crippen LogP contribution in [0, 0.1) is 6.92 Å². The van der Waals surface area contributed by atoms with E-state index in [0.717, 1.165) is 24.3 Å². The Balaban J connectivity index is 2.42. The Morgan fingerprint density at radius 1 is 1.70 bits per heavy atom. The monoisotopic (exact) mass is 159 g/mol. The first-order valence-electron chi connectivity index (χ1n) is 3.31. The van der Waals surface area contributed by atoms with Crippen molar-refractivity contribution in [1.29, 1.82) is 0 Å². The van der Waals surface area contributed by atoms with E-state index in [9.17, 15) is 0 Å². The second-order valence-corrected chi connectivity index (χ2v) is 2.60. The number of rotatable bonds is 3. The summed E-state index contributed by atoms with van der Waals surface area (Å²) in [5.74, 6) is 1.55. The van der Waals surface area contributed by atoms with Gasteiger partial charge in [0.2, 0.25) is 0 Å². The van der Waals surface area contributed by atoms with Crippen molar-refractivity contribution < 1.29 is 4.52 Å². The Hall–Kier alpha value is -0.500. The minimum atomic E-state index is 0.686. The van der Waals surface area contributed by atoms with E-state index in [-0.39, 0.29) is 0 Å². The van der Waals surface area contributed by atoms with Gasteiger partial charge in [-0.25, -0.2) is 0 Å². The van der Waals surface area contributed by atoms with Crippen molar-refractivity contribution in [3.05, 3.63) is 17.5 Å². The molecule has 0 aliphatic rings. The van der Waals surface area contributed by atoms with Crippen molar-refractivity contribution in [3.63, 3.8) is 0 Å². The molecule has 0 aromatic carbocycles. The summed E-state index contributed by atoms with van der Waals surface area (Å²) in [5, 5.41) is 3.82. The van der Waals surface area contributed by atoms with Crippen LogP contribution in [0.1, 0.15) is 17.9 Å². The van der Waals surface area contributed by atoms with Crippen molar-refractivity contribution in [1.82, 2.24) is 5.16 Å². The highest BCUT2D eigenvalue weighted by Gasteiger charge is 1.97. The van der Waals surface area contributed by atoms with Crippen LogP contribution in [0.3, 0.4) is 0 Å². The van der Waals surface area contributed by atoms with Gasteiger partial charge >= 0.3 is 0 Å². The van der Waals surface area contributed by atoms with Crippen LogP contribution in [0.5, 0.6) is 0 Å². The molecule has 3 heteroatoms. The van der Waals surface area contributed by atoms with E-state index in [1.54, 1.807) is 0 Å². The van der Waals surface area contributed by atoms with Gasteiger partial charge in [-0.15, -0.1) is 11.6 Å². The minimum Gasteiger partial charge on any atom is -0.361 e. The van der Waals surface area contributed by atoms with Crippen molar-refractivity contribution in [2.45, 2.75) is 19.8 Å². The van der Waals surface area contributed by atoms with Crippen LogP contribution in [-0.4, -0.2) is 11.0 Å². The summed E-state index contributed by atoms with van der Waals surface area (Å²) in [4.78, 5) is 0. The molecule has 0 aliphatic carbocycles. The summed E-state index contributed by atoms with van der Waals surface area (Å²) in [7, 11) is 0. The van der Waals surface area contributed by atoms with Gasteiger partial charge in [0.1, 0.15) is 5.76 Å². The van der Waals surface area contributed by atoms with Crippen molar-refractivity contribution in [3.8, 4) is 0 Å². The zero-order valence-electron chi connectivity index (χ0n) is 5.93. The predicted molar refractivity (Wildman–Crippen MR) is 40.3 cm³/mol. The second kappa shape index (κ2) is 3.62. The third kappa shape index (κ3) is 2.03. The van der Waals surface area contributed by atoms with Crippen molar-refractivity contribution >= 4 is 11.6 Å². The Kier molecular flexibility index (Phi) is 2.75. The fraction of sp³-hybridized carbons (Fsp3) is 0.571. The SMILES string of the molecule is Cc1cc(CCCCl)no1. The van der Waals surface area contributed by atoms with E-state index in [4.69, 9.17) is 16.1 Å². The molecule has 0 saturated carbocycles. The molecule has 1 heterocycles. The molecule has 2 nitrogen and oxygen atoms in total. The average molecular weight is 160 g/mol. The molecule has 0 spiro atoms. The molecule has 0 bridgehead atoms. The average Bonchev–Trinajstić information content (AvgIpc) is 2.31. The van der Waals surface area contributed by atoms with Crippen LogP contribution >= 0.6 is 11.6 Å². The summed E-state index contributed by atoms with van der Waals surface area (Å²) in [6, 6.07) is 1.94. The molecule has 0 radical (unpaired) electrons. The van der Waals surface area contributed by atoms with E-state index in [0.29, 0.717) is 5.88 Å². The lowest BCUT2D eigenvalue weighted by Crippen LogP contribution is -1.84. The van der Waals surface area contributed by atoms with E-state index in [2.05, 4.69) is 5.16 Å². The van der Waals surface area contributed by atoms with Crippen molar-refractivity contribution in [2.75, 3.05) is 5.88 Å². The molecular weight excluding hydrogens is 150 g/mol. The van der Waals surface area contributed by atoms with Gasteiger partial charge in [0.15, 0.2) is 0 Å². The van der Waals surface area contributed by atoms with E-state index >= 15 is 0 Å². The first-order valence-corrected chi connectivity index (χ1v) is 3.84. The summed E-state index contributed by atoms with van der Waals surface area (Å²) in [5.41, 5.74) is 0.998. The Bertz CT molecular complexity index is 197. The lowest BCUT2D eigenvalue weighted by atomic mass is 10.2. The van der Waals surface area contributed by atoms with Crippen LogP contribution in [0.15, 0.2) is 10.6 Å². The van der Waals surface area contributed by atoms with Crippen LogP contribution < -0.4 is 0 Å². The number of hydrogen-bond acceptors (Lipinski definition) is 2. The normalized spacial score (nSPS) is 10.2. The van der Waals surface area contributed by atoms with Gasteiger partial charge in [-0.3, -0.25) is 0 Å². The fourth-order valence-electron chi connectivity index (χ4n) is 0.784. The molecule has 1 aromatic rings. The molecule has 56 valence electrons. The molecule has 1 aromatic heterocycles. The maximum absolute atomic E-state index is 5.50. The quantitative estimate of drug-likeness (QED) is 0.632. The van der Waals surface area contributed by atoms with Gasteiger partial charge in [0.25, 0.3) is 0 Å². The molecule has 0 saturated heterocycles. The van der Waals surface area contributed by atoms with E-state index in [1.807, 2.05) is 13.0 Å². The Morgan fingerprint density at radius 2 is 2.50 bits per heavy atom. The number of halogens is 1. The van der Waals surface area contributed by atoms with Crippen LogP contribution in [0.2, 0.25) is 0 Å². The van der Waals surface area contributed by atoms with Crippen LogP contribution in [-0.2, 0) is 6.42 Å². The first kappa shape index (κ1) is 7.61.